The van der Waals surface area contributed by atoms with Gasteiger partial charge < -0.3 is 10.6 Å². The van der Waals surface area contributed by atoms with Crippen LogP contribution in [0.5, 0.6) is 0 Å². The van der Waals surface area contributed by atoms with Crippen molar-refractivity contribution < 1.29 is 4.79 Å². The van der Waals surface area contributed by atoms with Crippen molar-refractivity contribution in [3.63, 3.8) is 0 Å². The maximum atomic E-state index is 12.5. The molecule has 0 aromatic heterocycles. The lowest BCUT2D eigenvalue weighted by Gasteiger charge is -2.23. The average Bonchev–Trinajstić information content (AvgIpc) is 2.88. The Morgan fingerprint density at radius 1 is 1.22 bits per heavy atom. The molecule has 2 N–H and O–H groups in total. The first-order valence-corrected chi connectivity index (χ1v) is 8.32. The van der Waals surface area contributed by atoms with Crippen molar-refractivity contribution in [1.82, 2.24) is 4.90 Å². The van der Waals surface area contributed by atoms with Crippen molar-refractivity contribution in [2.24, 2.45) is 11.7 Å². The zero-order chi connectivity index (χ0) is 16.2. The molecule has 1 heterocycles. The fourth-order valence-corrected chi connectivity index (χ4v) is 3.53. The van der Waals surface area contributed by atoms with E-state index in [4.69, 9.17) is 5.73 Å². The summed E-state index contributed by atoms with van der Waals surface area (Å²) in [6.07, 6.45) is 4.32. The summed E-state index contributed by atoms with van der Waals surface area (Å²) in [6, 6.07) is 15.0. The predicted molar refractivity (Wildman–Crippen MR) is 95.1 cm³/mol. The number of allylic oxidation sites excluding steroid dienone is 1. The van der Waals surface area contributed by atoms with Crippen LogP contribution in [-0.4, -0.2) is 29.9 Å². The molecule has 23 heavy (non-hydrogen) atoms. The molecule has 3 heteroatoms. The van der Waals surface area contributed by atoms with Crippen LogP contribution in [0.15, 0.2) is 55.1 Å². The summed E-state index contributed by atoms with van der Waals surface area (Å²) in [5.74, 6) is 0.304. The van der Waals surface area contributed by atoms with Crippen LogP contribution in [0.1, 0.15) is 18.4 Å². The van der Waals surface area contributed by atoms with E-state index in [0.717, 1.165) is 25.8 Å². The van der Waals surface area contributed by atoms with E-state index in [1.54, 1.807) is 0 Å². The van der Waals surface area contributed by atoms with Gasteiger partial charge in [-0.1, -0.05) is 48.5 Å². The van der Waals surface area contributed by atoms with Crippen molar-refractivity contribution in [2.45, 2.75) is 25.3 Å². The first-order chi connectivity index (χ1) is 11.2. The Balaban J connectivity index is 1.70. The number of likely N-dealkylation sites (tertiary alicyclic amines) is 1. The minimum atomic E-state index is 0.0673. The van der Waals surface area contributed by atoms with E-state index < -0.39 is 0 Å². The Kier molecular flexibility index (Phi) is 4.77. The molecule has 1 aliphatic heterocycles. The van der Waals surface area contributed by atoms with Crippen LogP contribution in [0.25, 0.3) is 10.8 Å². The predicted octanol–water partition coefficient (Wildman–Crippen LogP) is 3.13. The summed E-state index contributed by atoms with van der Waals surface area (Å²) >= 11 is 0. The minimum Gasteiger partial charge on any atom is -0.338 e. The molecule has 1 saturated heterocycles. The molecule has 3 rings (SSSR count). The third-order valence-electron chi connectivity index (χ3n) is 4.81. The molecule has 1 aliphatic rings. The van der Waals surface area contributed by atoms with Crippen LogP contribution in [0.3, 0.4) is 0 Å². The van der Waals surface area contributed by atoms with E-state index in [-0.39, 0.29) is 17.9 Å². The molecule has 0 unspecified atom stereocenters. The molecule has 120 valence electrons. The molecule has 0 bridgehead atoms. The lowest BCUT2D eigenvalue weighted by atomic mass is 10.0. The maximum Gasteiger partial charge on any atom is 0.226 e. The zero-order valence-electron chi connectivity index (χ0n) is 13.4. The van der Waals surface area contributed by atoms with Crippen LogP contribution < -0.4 is 5.73 Å². The number of hydrogen-bond acceptors (Lipinski definition) is 2. The fourth-order valence-electron chi connectivity index (χ4n) is 3.53. The van der Waals surface area contributed by atoms with Crippen LogP contribution in [0, 0.1) is 5.92 Å². The lowest BCUT2D eigenvalue weighted by Crippen LogP contribution is -2.39. The number of fused-ring (bicyclic) bond motifs is 1. The highest BCUT2D eigenvalue weighted by Crippen LogP contribution is 2.27. The summed E-state index contributed by atoms with van der Waals surface area (Å²) in [5.41, 5.74) is 7.13. The molecule has 1 fully saturated rings. The highest BCUT2D eigenvalue weighted by molar-refractivity contribution is 5.83. The smallest absolute Gasteiger partial charge is 0.226 e. The molecule has 2 aromatic rings. The summed E-state index contributed by atoms with van der Waals surface area (Å²) < 4.78 is 0. The summed E-state index contributed by atoms with van der Waals surface area (Å²) in [4.78, 5) is 14.5. The second-order valence-corrected chi connectivity index (χ2v) is 6.31. The van der Waals surface area contributed by atoms with Gasteiger partial charge in [0.15, 0.2) is 0 Å². The SMILES string of the molecule is C=CC[C@@H]1C[C@@H](CN)N(CCc2ccc3ccccc3c2)C1=O. The van der Waals surface area contributed by atoms with Crippen LogP contribution in [0.4, 0.5) is 0 Å². The molecule has 2 atom stereocenters. The standard InChI is InChI=1S/C20H24N2O/c1-2-5-18-13-19(14-21)22(20(18)23)11-10-15-8-9-16-6-3-4-7-17(16)12-15/h2-4,6-9,12,18-19H,1,5,10-11,13-14,21H2/t18-,19+/m1/s1. The number of nitrogens with two attached hydrogens (primary N) is 1. The van der Waals surface area contributed by atoms with Crippen molar-refractivity contribution in [3.8, 4) is 0 Å². The Labute approximate surface area is 137 Å². The van der Waals surface area contributed by atoms with Gasteiger partial charge >= 0.3 is 0 Å². The van der Waals surface area contributed by atoms with Gasteiger partial charge in [0.25, 0.3) is 0 Å². The van der Waals surface area contributed by atoms with Crippen molar-refractivity contribution >= 4 is 16.7 Å². The molecule has 3 nitrogen and oxygen atoms in total. The highest BCUT2D eigenvalue weighted by Gasteiger charge is 2.37. The van der Waals surface area contributed by atoms with E-state index in [1.165, 1.54) is 16.3 Å². The number of amides is 1. The Bertz CT molecular complexity index is 710. The largest absolute Gasteiger partial charge is 0.338 e. The molecule has 0 spiro atoms. The van der Waals surface area contributed by atoms with Gasteiger partial charge in [0.2, 0.25) is 5.91 Å². The van der Waals surface area contributed by atoms with Crippen molar-refractivity contribution in [3.05, 3.63) is 60.7 Å². The Hall–Kier alpha value is -2.13. The molecule has 2 aromatic carbocycles. The summed E-state index contributed by atoms with van der Waals surface area (Å²) in [7, 11) is 0. The lowest BCUT2D eigenvalue weighted by molar-refractivity contribution is -0.131. The second kappa shape index (κ2) is 6.97. The molecule has 0 radical (unpaired) electrons. The van der Waals surface area contributed by atoms with Crippen LogP contribution >= 0.6 is 0 Å². The van der Waals surface area contributed by atoms with Crippen LogP contribution in [0.2, 0.25) is 0 Å². The van der Waals surface area contributed by atoms with Gasteiger partial charge in [0, 0.05) is 25.0 Å². The van der Waals surface area contributed by atoms with Gasteiger partial charge in [0.1, 0.15) is 0 Å². The van der Waals surface area contributed by atoms with E-state index in [2.05, 4.69) is 49.0 Å². The molecular formula is C20H24N2O. The van der Waals surface area contributed by atoms with Crippen molar-refractivity contribution in [2.75, 3.05) is 13.1 Å². The molecule has 1 amide bonds. The van der Waals surface area contributed by atoms with Crippen LogP contribution in [-0.2, 0) is 11.2 Å². The zero-order valence-corrected chi connectivity index (χ0v) is 13.4. The quantitative estimate of drug-likeness (QED) is 0.833. The normalized spacial score (nSPS) is 21.1. The van der Waals surface area contributed by atoms with Crippen molar-refractivity contribution in [1.29, 1.82) is 0 Å². The van der Waals surface area contributed by atoms with Gasteiger partial charge in [0.05, 0.1) is 0 Å². The second-order valence-electron chi connectivity index (χ2n) is 6.31. The topological polar surface area (TPSA) is 46.3 Å². The van der Waals surface area contributed by atoms with E-state index >= 15 is 0 Å². The minimum absolute atomic E-state index is 0.0673. The van der Waals surface area contributed by atoms with Gasteiger partial charge in [-0.25, -0.2) is 0 Å². The third-order valence-corrected chi connectivity index (χ3v) is 4.81. The monoisotopic (exact) mass is 308 g/mol. The Morgan fingerprint density at radius 3 is 2.74 bits per heavy atom. The third kappa shape index (κ3) is 3.30. The molecule has 0 saturated carbocycles. The van der Waals surface area contributed by atoms with Gasteiger partial charge in [-0.05, 0) is 35.6 Å². The van der Waals surface area contributed by atoms with Gasteiger partial charge in [-0.15, -0.1) is 6.58 Å². The summed E-state index contributed by atoms with van der Waals surface area (Å²) in [6.45, 7) is 5.04. The number of nitrogens with zero attached hydrogens (tertiary/aromatic N) is 1. The van der Waals surface area contributed by atoms with Gasteiger partial charge in [-0.2, -0.15) is 0 Å². The first kappa shape index (κ1) is 15.8. The highest BCUT2D eigenvalue weighted by atomic mass is 16.2. The fraction of sp³-hybridized carbons (Fsp3) is 0.350. The van der Waals surface area contributed by atoms with E-state index in [1.807, 2.05) is 11.0 Å². The Morgan fingerprint density at radius 2 is 2.00 bits per heavy atom. The number of carbonyl (C=O) groups is 1. The number of carbonyl (C=O) groups excluding carboxylic acids is 1. The van der Waals surface area contributed by atoms with Gasteiger partial charge in [-0.3, -0.25) is 4.79 Å². The molecular weight excluding hydrogens is 284 g/mol. The number of rotatable bonds is 6. The maximum absolute atomic E-state index is 12.5. The molecule has 0 aliphatic carbocycles. The summed E-state index contributed by atoms with van der Waals surface area (Å²) in [5, 5.41) is 2.50. The number of hydrogen-bond donors (Lipinski definition) is 1. The van der Waals surface area contributed by atoms with E-state index in [9.17, 15) is 4.79 Å². The first-order valence-electron chi connectivity index (χ1n) is 8.32. The number of benzene rings is 2. The average molecular weight is 308 g/mol. The van der Waals surface area contributed by atoms with E-state index in [0.29, 0.717) is 6.54 Å².